The first-order chi connectivity index (χ1) is 7.84. The molecule has 2 N–H and O–H groups in total. The van der Waals surface area contributed by atoms with E-state index in [0.717, 1.165) is 11.3 Å². The van der Waals surface area contributed by atoms with Gasteiger partial charge in [-0.1, -0.05) is 5.16 Å². The fraction of sp³-hybridized carbons (Fsp3) is 0.182. The van der Waals surface area contributed by atoms with Crippen LogP contribution in [-0.2, 0) is 0 Å². The normalized spacial score (nSPS) is 13.8. The molecule has 82 valence electrons. The Hall–Kier alpha value is -2.17. The number of nitrogen functional groups attached to an aromatic ring is 1. The monoisotopic (exact) mass is 218 g/mol. The molecule has 1 aromatic heterocycles. The number of anilines is 1. The van der Waals surface area contributed by atoms with E-state index in [0.29, 0.717) is 30.4 Å². The van der Waals surface area contributed by atoms with Gasteiger partial charge in [-0.15, -0.1) is 0 Å². The molecule has 0 atom stereocenters. The second kappa shape index (κ2) is 3.44. The molecule has 0 unspecified atom stereocenters. The van der Waals surface area contributed by atoms with Crippen LogP contribution in [0.4, 0.5) is 5.69 Å². The first-order valence-electron chi connectivity index (χ1n) is 4.95. The Bertz CT molecular complexity index is 522. The summed E-state index contributed by atoms with van der Waals surface area (Å²) in [6, 6.07) is 5.54. The van der Waals surface area contributed by atoms with Crippen LogP contribution in [0.5, 0.6) is 11.5 Å². The van der Waals surface area contributed by atoms with Crippen LogP contribution in [-0.4, -0.2) is 18.4 Å². The van der Waals surface area contributed by atoms with Crippen LogP contribution in [0.1, 0.15) is 0 Å². The van der Waals surface area contributed by atoms with Crippen LogP contribution in [0.25, 0.3) is 11.3 Å². The number of hydrogen-bond donors (Lipinski definition) is 1. The Kier molecular flexibility index (Phi) is 1.96. The average molecular weight is 218 g/mol. The number of nitrogens with two attached hydrogens (primary N) is 1. The first kappa shape index (κ1) is 9.08. The summed E-state index contributed by atoms with van der Waals surface area (Å²) in [6.45, 7) is 1.14. The number of fused-ring (bicyclic) bond motifs is 1. The highest BCUT2D eigenvalue weighted by molar-refractivity contribution is 5.72. The maximum atomic E-state index is 5.72. The highest BCUT2D eigenvalue weighted by Crippen LogP contribution is 2.35. The van der Waals surface area contributed by atoms with Gasteiger partial charge in [0.1, 0.15) is 18.9 Å². The first-order valence-corrected chi connectivity index (χ1v) is 4.95. The third-order valence-corrected chi connectivity index (χ3v) is 2.40. The van der Waals surface area contributed by atoms with E-state index in [1.54, 1.807) is 0 Å². The second-order valence-electron chi connectivity index (χ2n) is 3.47. The van der Waals surface area contributed by atoms with Crippen LogP contribution < -0.4 is 15.2 Å². The summed E-state index contributed by atoms with van der Waals surface area (Å²) in [5.41, 5.74) is 7.06. The van der Waals surface area contributed by atoms with Crippen LogP contribution in [0.2, 0.25) is 0 Å². The van der Waals surface area contributed by atoms with Crippen molar-refractivity contribution in [3.8, 4) is 22.8 Å². The lowest BCUT2D eigenvalue weighted by Crippen LogP contribution is -2.15. The molecule has 5 nitrogen and oxygen atoms in total. The van der Waals surface area contributed by atoms with Gasteiger partial charge in [0.05, 0.1) is 6.20 Å². The zero-order valence-corrected chi connectivity index (χ0v) is 8.47. The minimum absolute atomic E-state index is 0.511. The summed E-state index contributed by atoms with van der Waals surface area (Å²) >= 11 is 0. The molecule has 0 aliphatic carbocycles. The Balaban J connectivity index is 2.06. The van der Waals surface area contributed by atoms with E-state index in [1.807, 2.05) is 18.2 Å². The van der Waals surface area contributed by atoms with E-state index >= 15 is 0 Å². The predicted octanol–water partition coefficient (Wildman–Crippen LogP) is 1.69. The smallest absolute Gasteiger partial charge is 0.189 e. The fourth-order valence-corrected chi connectivity index (χ4v) is 1.65. The highest BCUT2D eigenvalue weighted by Gasteiger charge is 2.15. The Labute approximate surface area is 91.7 Å². The van der Waals surface area contributed by atoms with Gasteiger partial charge in [0.15, 0.2) is 17.3 Å². The van der Waals surface area contributed by atoms with Gasteiger partial charge in [0, 0.05) is 5.56 Å². The van der Waals surface area contributed by atoms with Crippen molar-refractivity contribution < 1.29 is 14.0 Å². The van der Waals surface area contributed by atoms with Gasteiger partial charge in [-0.05, 0) is 18.2 Å². The number of nitrogens with zero attached hydrogens (tertiary/aromatic N) is 1. The Morgan fingerprint density at radius 1 is 1.12 bits per heavy atom. The van der Waals surface area contributed by atoms with Gasteiger partial charge in [0.25, 0.3) is 0 Å². The second-order valence-corrected chi connectivity index (χ2v) is 3.47. The summed E-state index contributed by atoms with van der Waals surface area (Å²) in [6.07, 6.45) is 1.48. The molecule has 0 saturated carbocycles. The number of rotatable bonds is 1. The summed E-state index contributed by atoms with van der Waals surface area (Å²) < 4.78 is 16.0. The van der Waals surface area contributed by atoms with Crippen molar-refractivity contribution in [1.82, 2.24) is 5.16 Å². The molecule has 2 heterocycles. The van der Waals surface area contributed by atoms with E-state index in [-0.39, 0.29) is 0 Å². The van der Waals surface area contributed by atoms with Crippen LogP contribution >= 0.6 is 0 Å². The standard InChI is InChI=1S/C11H10N2O3/c12-8-6-13-16-11(8)7-1-2-9-10(5-7)15-4-3-14-9/h1-2,5-6H,3-4,12H2. The van der Waals surface area contributed by atoms with Crippen molar-refractivity contribution in [2.45, 2.75) is 0 Å². The van der Waals surface area contributed by atoms with E-state index < -0.39 is 0 Å². The van der Waals surface area contributed by atoms with E-state index in [1.165, 1.54) is 6.20 Å². The minimum Gasteiger partial charge on any atom is -0.486 e. The number of benzene rings is 1. The Morgan fingerprint density at radius 3 is 2.69 bits per heavy atom. The zero-order valence-electron chi connectivity index (χ0n) is 8.47. The van der Waals surface area contributed by atoms with Crippen LogP contribution in [0.15, 0.2) is 28.9 Å². The molecule has 5 heteroatoms. The molecule has 0 fully saturated rings. The maximum Gasteiger partial charge on any atom is 0.189 e. The predicted molar refractivity (Wildman–Crippen MR) is 57.3 cm³/mol. The van der Waals surface area contributed by atoms with Gasteiger partial charge in [-0.3, -0.25) is 0 Å². The van der Waals surface area contributed by atoms with Gasteiger partial charge < -0.3 is 19.7 Å². The molecular weight excluding hydrogens is 208 g/mol. The molecule has 1 aliphatic heterocycles. The van der Waals surface area contributed by atoms with Gasteiger partial charge >= 0.3 is 0 Å². The quantitative estimate of drug-likeness (QED) is 0.788. The third-order valence-electron chi connectivity index (χ3n) is 2.40. The minimum atomic E-state index is 0.511. The van der Waals surface area contributed by atoms with E-state index in [2.05, 4.69) is 5.16 Å². The molecule has 0 saturated heterocycles. The third kappa shape index (κ3) is 1.37. The highest BCUT2D eigenvalue weighted by atomic mass is 16.6. The lowest BCUT2D eigenvalue weighted by Gasteiger charge is -2.18. The SMILES string of the molecule is Nc1cnoc1-c1ccc2c(c1)OCCO2. The van der Waals surface area contributed by atoms with Crippen LogP contribution in [0.3, 0.4) is 0 Å². The van der Waals surface area contributed by atoms with Crippen molar-refractivity contribution in [3.05, 3.63) is 24.4 Å². The van der Waals surface area contributed by atoms with Crippen molar-refractivity contribution in [2.75, 3.05) is 18.9 Å². The van der Waals surface area contributed by atoms with Crippen molar-refractivity contribution >= 4 is 5.69 Å². The number of ether oxygens (including phenoxy) is 2. The molecule has 0 spiro atoms. The maximum absolute atomic E-state index is 5.72. The van der Waals surface area contributed by atoms with Gasteiger partial charge in [-0.2, -0.15) is 0 Å². The van der Waals surface area contributed by atoms with Gasteiger partial charge in [-0.25, -0.2) is 0 Å². The van der Waals surface area contributed by atoms with Gasteiger partial charge in [0.2, 0.25) is 0 Å². The Morgan fingerprint density at radius 2 is 1.94 bits per heavy atom. The molecule has 0 amide bonds. The van der Waals surface area contributed by atoms with Crippen molar-refractivity contribution in [1.29, 1.82) is 0 Å². The topological polar surface area (TPSA) is 70.5 Å². The summed E-state index contributed by atoms with van der Waals surface area (Å²) in [7, 11) is 0. The number of hydrogen-bond acceptors (Lipinski definition) is 5. The summed E-state index contributed by atoms with van der Waals surface area (Å²) in [5.74, 6) is 2.00. The largest absolute Gasteiger partial charge is 0.486 e. The lowest BCUT2D eigenvalue weighted by atomic mass is 10.1. The molecule has 1 aromatic carbocycles. The lowest BCUT2D eigenvalue weighted by molar-refractivity contribution is 0.171. The molecule has 0 radical (unpaired) electrons. The van der Waals surface area contributed by atoms with Crippen molar-refractivity contribution in [2.24, 2.45) is 0 Å². The summed E-state index contributed by atoms with van der Waals surface area (Å²) in [5, 5.41) is 3.64. The molecule has 3 rings (SSSR count). The molecule has 1 aliphatic rings. The average Bonchev–Trinajstić information content (AvgIpc) is 2.75. The zero-order chi connectivity index (χ0) is 11.0. The summed E-state index contributed by atoms with van der Waals surface area (Å²) in [4.78, 5) is 0. The van der Waals surface area contributed by atoms with E-state index in [4.69, 9.17) is 19.7 Å². The van der Waals surface area contributed by atoms with E-state index in [9.17, 15) is 0 Å². The van der Waals surface area contributed by atoms with Crippen LogP contribution in [0, 0.1) is 0 Å². The number of aromatic nitrogens is 1. The fourth-order valence-electron chi connectivity index (χ4n) is 1.65. The molecule has 0 bridgehead atoms. The van der Waals surface area contributed by atoms with Crippen molar-refractivity contribution in [3.63, 3.8) is 0 Å². The molecule has 2 aromatic rings. The molecular formula is C11H10N2O3. The molecule has 16 heavy (non-hydrogen) atoms.